The van der Waals surface area contributed by atoms with E-state index in [2.05, 4.69) is 22.6 Å². The van der Waals surface area contributed by atoms with Gasteiger partial charge in [-0.15, -0.1) is 0 Å². The standard InChI is InChI=1S/C15H15IN2O2/c16-11-3-1-10(2-4-11)9-20-15(19)14-7-12(17)8-18(14)13-5-6-13/h1-4,7-8,13H,5-6,9,17H2. The molecule has 20 heavy (non-hydrogen) atoms. The number of nitrogens with two attached hydrogens (primary N) is 1. The fourth-order valence-corrected chi connectivity index (χ4v) is 2.48. The molecule has 1 aromatic carbocycles. The van der Waals surface area contributed by atoms with Crippen LogP contribution in [-0.4, -0.2) is 10.5 Å². The van der Waals surface area contributed by atoms with E-state index < -0.39 is 0 Å². The summed E-state index contributed by atoms with van der Waals surface area (Å²) in [6.07, 6.45) is 4.02. The van der Waals surface area contributed by atoms with E-state index in [0.717, 1.165) is 22.0 Å². The molecule has 3 rings (SSSR count). The van der Waals surface area contributed by atoms with Crippen molar-refractivity contribution in [2.45, 2.75) is 25.5 Å². The first-order valence-corrected chi connectivity index (χ1v) is 7.60. The zero-order valence-corrected chi connectivity index (χ0v) is 13.0. The smallest absolute Gasteiger partial charge is 0.355 e. The third-order valence-electron chi connectivity index (χ3n) is 3.30. The van der Waals surface area contributed by atoms with E-state index in [4.69, 9.17) is 10.5 Å². The van der Waals surface area contributed by atoms with Gasteiger partial charge in [0.05, 0.1) is 5.69 Å². The van der Waals surface area contributed by atoms with Crippen LogP contribution in [0.25, 0.3) is 0 Å². The Balaban J connectivity index is 1.68. The summed E-state index contributed by atoms with van der Waals surface area (Å²) in [6, 6.07) is 10.0. The summed E-state index contributed by atoms with van der Waals surface area (Å²) in [5.74, 6) is -0.313. The number of aromatic nitrogens is 1. The second kappa shape index (κ2) is 5.47. The molecule has 0 saturated heterocycles. The van der Waals surface area contributed by atoms with Crippen LogP contribution in [0.1, 0.15) is 34.9 Å². The zero-order valence-electron chi connectivity index (χ0n) is 10.9. The number of hydrogen-bond acceptors (Lipinski definition) is 3. The van der Waals surface area contributed by atoms with E-state index in [9.17, 15) is 4.79 Å². The van der Waals surface area contributed by atoms with Crippen molar-refractivity contribution in [3.8, 4) is 0 Å². The fourth-order valence-electron chi connectivity index (χ4n) is 2.12. The van der Waals surface area contributed by atoms with Crippen molar-refractivity contribution in [1.29, 1.82) is 0 Å². The van der Waals surface area contributed by atoms with Gasteiger partial charge < -0.3 is 15.0 Å². The zero-order chi connectivity index (χ0) is 14.1. The number of ether oxygens (including phenoxy) is 1. The molecule has 0 amide bonds. The van der Waals surface area contributed by atoms with Crippen LogP contribution in [0.15, 0.2) is 36.5 Å². The van der Waals surface area contributed by atoms with Gasteiger partial charge in [-0.2, -0.15) is 0 Å². The molecule has 0 atom stereocenters. The number of esters is 1. The predicted octanol–water partition coefficient (Wildman–Crippen LogP) is 3.37. The number of anilines is 1. The molecular weight excluding hydrogens is 367 g/mol. The highest BCUT2D eigenvalue weighted by atomic mass is 127. The van der Waals surface area contributed by atoms with E-state index in [0.29, 0.717) is 17.4 Å². The highest BCUT2D eigenvalue weighted by Gasteiger charge is 2.28. The van der Waals surface area contributed by atoms with E-state index in [1.54, 1.807) is 6.07 Å². The molecular formula is C15H15IN2O2. The number of carbonyl (C=O) groups excluding carboxylic acids is 1. The van der Waals surface area contributed by atoms with Crippen LogP contribution < -0.4 is 5.73 Å². The van der Waals surface area contributed by atoms with Gasteiger partial charge in [-0.05, 0) is 59.2 Å². The van der Waals surface area contributed by atoms with Crippen LogP contribution in [0.3, 0.4) is 0 Å². The second-order valence-corrected chi connectivity index (χ2v) is 6.25. The van der Waals surface area contributed by atoms with Gasteiger partial charge in [-0.3, -0.25) is 0 Å². The number of nitrogen functional groups attached to an aromatic ring is 1. The minimum atomic E-state index is -0.313. The fraction of sp³-hybridized carbons (Fsp3) is 0.267. The lowest BCUT2D eigenvalue weighted by molar-refractivity contribution is 0.0460. The lowest BCUT2D eigenvalue weighted by Crippen LogP contribution is -2.11. The van der Waals surface area contributed by atoms with Gasteiger partial charge in [0.15, 0.2) is 0 Å². The monoisotopic (exact) mass is 382 g/mol. The summed E-state index contributed by atoms with van der Waals surface area (Å²) in [4.78, 5) is 12.2. The predicted molar refractivity (Wildman–Crippen MR) is 85.4 cm³/mol. The molecule has 104 valence electrons. The van der Waals surface area contributed by atoms with Gasteiger partial charge in [-0.1, -0.05) is 12.1 Å². The lowest BCUT2D eigenvalue weighted by atomic mass is 10.2. The molecule has 1 aliphatic carbocycles. The molecule has 2 N–H and O–H groups in total. The van der Waals surface area contributed by atoms with E-state index in [1.165, 1.54) is 0 Å². The molecule has 2 aromatic rings. The SMILES string of the molecule is Nc1cc(C(=O)OCc2ccc(I)cc2)n(C2CC2)c1. The Labute approximate surface area is 131 Å². The van der Waals surface area contributed by atoms with Crippen molar-refractivity contribution in [3.05, 3.63) is 51.4 Å². The average molecular weight is 382 g/mol. The third-order valence-corrected chi connectivity index (χ3v) is 4.02. The highest BCUT2D eigenvalue weighted by Crippen LogP contribution is 2.37. The first kappa shape index (κ1) is 13.5. The Morgan fingerprint density at radius 3 is 2.70 bits per heavy atom. The Bertz CT molecular complexity index is 630. The maximum absolute atomic E-state index is 12.2. The van der Waals surface area contributed by atoms with Gasteiger partial charge >= 0.3 is 5.97 Å². The topological polar surface area (TPSA) is 57.3 Å². The van der Waals surface area contributed by atoms with E-state index in [1.807, 2.05) is 35.0 Å². The van der Waals surface area contributed by atoms with Gasteiger partial charge in [0.25, 0.3) is 0 Å². The maximum Gasteiger partial charge on any atom is 0.355 e. The number of nitrogens with zero attached hydrogens (tertiary/aromatic N) is 1. The minimum absolute atomic E-state index is 0.283. The molecule has 1 heterocycles. The molecule has 0 spiro atoms. The van der Waals surface area contributed by atoms with Crippen LogP contribution in [0.4, 0.5) is 5.69 Å². The van der Waals surface area contributed by atoms with Crippen LogP contribution in [0.2, 0.25) is 0 Å². The first-order valence-electron chi connectivity index (χ1n) is 6.52. The van der Waals surface area contributed by atoms with Crippen LogP contribution in [0, 0.1) is 3.57 Å². The summed E-state index contributed by atoms with van der Waals surface area (Å²) < 4.78 is 8.46. The molecule has 0 bridgehead atoms. The van der Waals surface area contributed by atoms with Gasteiger partial charge in [0.1, 0.15) is 12.3 Å². The Kier molecular flexibility index (Phi) is 3.69. The Morgan fingerprint density at radius 1 is 1.35 bits per heavy atom. The number of carbonyl (C=O) groups is 1. The molecule has 0 aliphatic heterocycles. The summed E-state index contributed by atoms with van der Waals surface area (Å²) in [6.45, 7) is 0.283. The number of benzene rings is 1. The molecule has 1 saturated carbocycles. The summed E-state index contributed by atoms with van der Waals surface area (Å²) in [5.41, 5.74) is 7.92. The van der Waals surface area contributed by atoms with Gasteiger partial charge in [-0.25, -0.2) is 4.79 Å². The van der Waals surface area contributed by atoms with E-state index in [-0.39, 0.29) is 12.6 Å². The van der Waals surface area contributed by atoms with Gasteiger partial charge in [0.2, 0.25) is 0 Å². The molecule has 4 nitrogen and oxygen atoms in total. The molecule has 1 fully saturated rings. The third kappa shape index (κ3) is 2.98. The average Bonchev–Trinajstić information content (AvgIpc) is 3.20. The number of halogens is 1. The largest absolute Gasteiger partial charge is 0.456 e. The van der Waals surface area contributed by atoms with Crippen molar-refractivity contribution >= 4 is 34.2 Å². The van der Waals surface area contributed by atoms with Crippen LogP contribution in [0.5, 0.6) is 0 Å². The van der Waals surface area contributed by atoms with Crippen molar-refractivity contribution < 1.29 is 9.53 Å². The highest BCUT2D eigenvalue weighted by molar-refractivity contribution is 14.1. The van der Waals surface area contributed by atoms with Crippen molar-refractivity contribution in [3.63, 3.8) is 0 Å². The van der Waals surface area contributed by atoms with Crippen LogP contribution >= 0.6 is 22.6 Å². The molecule has 0 unspecified atom stereocenters. The van der Waals surface area contributed by atoms with Gasteiger partial charge in [0, 0.05) is 15.8 Å². The summed E-state index contributed by atoms with van der Waals surface area (Å²) >= 11 is 2.24. The van der Waals surface area contributed by atoms with Crippen molar-refractivity contribution in [2.75, 3.05) is 5.73 Å². The maximum atomic E-state index is 12.2. The van der Waals surface area contributed by atoms with Crippen LogP contribution in [-0.2, 0) is 11.3 Å². The Morgan fingerprint density at radius 2 is 2.05 bits per heavy atom. The van der Waals surface area contributed by atoms with Crippen molar-refractivity contribution in [1.82, 2.24) is 4.57 Å². The quantitative estimate of drug-likeness (QED) is 0.652. The minimum Gasteiger partial charge on any atom is -0.456 e. The summed E-state index contributed by atoms with van der Waals surface area (Å²) in [7, 11) is 0. The normalized spacial score (nSPS) is 14.2. The Hall–Kier alpha value is -1.50. The first-order chi connectivity index (χ1) is 9.63. The molecule has 1 aliphatic rings. The van der Waals surface area contributed by atoms with Crippen molar-refractivity contribution in [2.24, 2.45) is 0 Å². The number of rotatable bonds is 4. The lowest BCUT2D eigenvalue weighted by Gasteiger charge is -2.08. The summed E-state index contributed by atoms with van der Waals surface area (Å²) in [5, 5.41) is 0. The molecule has 5 heteroatoms. The second-order valence-electron chi connectivity index (χ2n) is 5.00. The molecule has 0 radical (unpaired) electrons. The molecule has 1 aromatic heterocycles. The number of hydrogen-bond donors (Lipinski definition) is 1. The van der Waals surface area contributed by atoms with E-state index >= 15 is 0 Å².